The van der Waals surface area contributed by atoms with Gasteiger partial charge in [0.15, 0.2) is 0 Å². The molecule has 0 aliphatic heterocycles. The van der Waals surface area contributed by atoms with Gasteiger partial charge in [0, 0.05) is 18.3 Å². The zero-order valence-corrected chi connectivity index (χ0v) is 13.6. The van der Waals surface area contributed by atoms with Gasteiger partial charge < -0.3 is 16.0 Å². The molecule has 0 fully saturated rings. The maximum atomic E-state index is 12.0. The monoisotopic (exact) mass is 292 g/mol. The van der Waals surface area contributed by atoms with Crippen LogP contribution in [0.2, 0.25) is 0 Å². The summed E-state index contributed by atoms with van der Waals surface area (Å²) in [5.74, 6) is 0.597. The van der Waals surface area contributed by atoms with Crippen molar-refractivity contribution in [3.63, 3.8) is 0 Å². The van der Waals surface area contributed by atoms with Crippen LogP contribution in [0, 0.1) is 5.92 Å². The molecule has 1 aromatic rings. The summed E-state index contributed by atoms with van der Waals surface area (Å²) in [7, 11) is 4.13. The Morgan fingerprint density at radius 1 is 1.33 bits per heavy atom. The lowest BCUT2D eigenvalue weighted by molar-refractivity contribution is -0.120. The summed E-state index contributed by atoms with van der Waals surface area (Å²) in [6.07, 6.45) is 4.11. The van der Waals surface area contributed by atoms with Crippen molar-refractivity contribution in [2.24, 2.45) is 5.92 Å². The molecule has 0 saturated carbocycles. The zero-order chi connectivity index (χ0) is 15.8. The molecule has 0 aromatic carbocycles. The number of nitrogen functional groups attached to an aromatic ring is 1. The number of carbonyl (C=O) groups is 1. The Hall–Kier alpha value is -1.62. The van der Waals surface area contributed by atoms with Crippen molar-refractivity contribution in [3.8, 4) is 0 Å². The van der Waals surface area contributed by atoms with Crippen molar-refractivity contribution in [2.75, 3.05) is 26.4 Å². The predicted octanol–water partition coefficient (Wildman–Crippen LogP) is 1.69. The van der Waals surface area contributed by atoms with E-state index in [4.69, 9.17) is 5.73 Å². The second kappa shape index (κ2) is 8.62. The van der Waals surface area contributed by atoms with Crippen LogP contribution in [0.4, 0.5) is 5.69 Å². The van der Waals surface area contributed by atoms with Crippen molar-refractivity contribution >= 4 is 11.6 Å². The number of amides is 1. The SMILES string of the molecule is CCC(CC)C(CNC(=O)Cc1ccc(N)cn1)N(C)C. The van der Waals surface area contributed by atoms with Gasteiger partial charge in [-0.25, -0.2) is 0 Å². The molecule has 0 bridgehead atoms. The Labute approximate surface area is 127 Å². The van der Waals surface area contributed by atoms with E-state index in [0.29, 0.717) is 30.6 Å². The number of likely N-dealkylation sites (N-methyl/N-ethyl adjacent to an activating group) is 1. The van der Waals surface area contributed by atoms with Crippen LogP contribution in [-0.4, -0.2) is 42.5 Å². The van der Waals surface area contributed by atoms with Crippen LogP contribution in [-0.2, 0) is 11.2 Å². The summed E-state index contributed by atoms with van der Waals surface area (Å²) >= 11 is 0. The highest BCUT2D eigenvalue weighted by molar-refractivity contribution is 5.78. The van der Waals surface area contributed by atoms with E-state index in [2.05, 4.69) is 43.1 Å². The van der Waals surface area contributed by atoms with Crippen LogP contribution >= 0.6 is 0 Å². The number of nitrogens with two attached hydrogens (primary N) is 1. The van der Waals surface area contributed by atoms with Gasteiger partial charge in [0.2, 0.25) is 5.91 Å². The van der Waals surface area contributed by atoms with Gasteiger partial charge in [-0.1, -0.05) is 26.7 Å². The summed E-state index contributed by atoms with van der Waals surface area (Å²) in [4.78, 5) is 18.4. The Morgan fingerprint density at radius 2 is 2.00 bits per heavy atom. The Morgan fingerprint density at radius 3 is 2.48 bits per heavy atom. The van der Waals surface area contributed by atoms with Gasteiger partial charge in [-0.2, -0.15) is 0 Å². The number of carbonyl (C=O) groups excluding carboxylic acids is 1. The number of pyridine rings is 1. The molecule has 5 heteroatoms. The van der Waals surface area contributed by atoms with E-state index in [0.717, 1.165) is 18.5 Å². The molecule has 0 aliphatic carbocycles. The summed E-state index contributed by atoms with van der Waals surface area (Å²) in [6.45, 7) is 5.07. The third kappa shape index (κ3) is 5.71. The van der Waals surface area contributed by atoms with E-state index in [9.17, 15) is 4.79 Å². The van der Waals surface area contributed by atoms with Crippen LogP contribution in [0.3, 0.4) is 0 Å². The lowest BCUT2D eigenvalue weighted by atomic mass is 9.93. The molecule has 5 nitrogen and oxygen atoms in total. The smallest absolute Gasteiger partial charge is 0.226 e. The average Bonchev–Trinajstić information content (AvgIpc) is 2.45. The first-order valence-corrected chi connectivity index (χ1v) is 7.61. The van der Waals surface area contributed by atoms with E-state index >= 15 is 0 Å². The van der Waals surface area contributed by atoms with Gasteiger partial charge in [-0.3, -0.25) is 9.78 Å². The summed E-state index contributed by atoms with van der Waals surface area (Å²) in [6, 6.07) is 3.92. The highest BCUT2D eigenvalue weighted by atomic mass is 16.1. The van der Waals surface area contributed by atoms with Crippen LogP contribution in [0.25, 0.3) is 0 Å². The number of rotatable bonds is 8. The topological polar surface area (TPSA) is 71.2 Å². The summed E-state index contributed by atoms with van der Waals surface area (Å²) in [5.41, 5.74) is 6.94. The third-order valence-electron chi connectivity index (χ3n) is 3.95. The van der Waals surface area contributed by atoms with Crippen molar-refractivity contribution in [1.82, 2.24) is 15.2 Å². The van der Waals surface area contributed by atoms with Crippen molar-refractivity contribution in [3.05, 3.63) is 24.0 Å². The number of hydrogen-bond acceptors (Lipinski definition) is 4. The van der Waals surface area contributed by atoms with Gasteiger partial charge in [-0.05, 0) is 32.1 Å². The van der Waals surface area contributed by atoms with E-state index in [1.165, 1.54) is 0 Å². The molecule has 1 aromatic heterocycles. The van der Waals surface area contributed by atoms with Crippen molar-refractivity contribution in [2.45, 2.75) is 39.2 Å². The van der Waals surface area contributed by atoms with E-state index < -0.39 is 0 Å². The molecule has 1 unspecified atom stereocenters. The zero-order valence-electron chi connectivity index (χ0n) is 13.6. The van der Waals surface area contributed by atoms with E-state index in [1.807, 2.05) is 0 Å². The second-order valence-corrected chi connectivity index (χ2v) is 5.67. The van der Waals surface area contributed by atoms with Gasteiger partial charge >= 0.3 is 0 Å². The van der Waals surface area contributed by atoms with Gasteiger partial charge in [-0.15, -0.1) is 0 Å². The molecular weight excluding hydrogens is 264 g/mol. The molecular formula is C16H28N4O. The highest BCUT2D eigenvalue weighted by Gasteiger charge is 2.21. The number of hydrogen-bond donors (Lipinski definition) is 2. The Kier molecular flexibility index (Phi) is 7.15. The fraction of sp³-hybridized carbons (Fsp3) is 0.625. The first-order chi connectivity index (χ1) is 9.97. The Bertz CT molecular complexity index is 426. The van der Waals surface area contributed by atoms with E-state index in [1.54, 1.807) is 18.3 Å². The second-order valence-electron chi connectivity index (χ2n) is 5.67. The van der Waals surface area contributed by atoms with Crippen molar-refractivity contribution < 1.29 is 4.79 Å². The summed E-state index contributed by atoms with van der Waals surface area (Å²) < 4.78 is 0. The van der Waals surface area contributed by atoms with Gasteiger partial charge in [0.25, 0.3) is 0 Å². The number of anilines is 1. The quantitative estimate of drug-likeness (QED) is 0.765. The Balaban J connectivity index is 2.51. The highest BCUT2D eigenvalue weighted by Crippen LogP contribution is 2.16. The summed E-state index contributed by atoms with van der Waals surface area (Å²) in [5, 5.41) is 3.02. The molecule has 0 spiro atoms. The first-order valence-electron chi connectivity index (χ1n) is 7.61. The maximum absolute atomic E-state index is 12.0. The minimum Gasteiger partial charge on any atom is -0.397 e. The predicted molar refractivity (Wildman–Crippen MR) is 86.9 cm³/mol. The lowest BCUT2D eigenvalue weighted by Gasteiger charge is -2.31. The maximum Gasteiger partial charge on any atom is 0.226 e. The van der Waals surface area contributed by atoms with Crippen LogP contribution in [0.15, 0.2) is 18.3 Å². The third-order valence-corrected chi connectivity index (χ3v) is 3.95. The molecule has 0 aliphatic rings. The van der Waals surface area contributed by atoms with Crippen LogP contribution in [0.1, 0.15) is 32.4 Å². The fourth-order valence-corrected chi connectivity index (χ4v) is 2.59. The standard InChI is InChI=1S/C16H28N4O/c1-5-12(6-2)15(20(3)4)11-19-16(21)9-14-8-7-13(17)10-18-14/h7-8,10,12,15H,5-6,9,11,17H2,1-4H3,(H,19,21). The molecule has 1 heterocycles. The van der Waals surface area contributed by atoms with E-state index in [-0.39, 0.29) is 5.91 Å². The molecule has 0 saturated heterocycles. The molecule has 3 N–H and O–H groups in total. The normalized spacial score (nSPS) is 12.7. The largest absolute Gasteiger partial charge is 0.397 e. The van der Waals surface area contributed by atoms with Crippen LogP contribution in [0.5, 0.6) is 0 Å². The molecule has 1 rings (SSSR count). The molecule has 0 radical (unpaired) electrons. The first kappa shape index (κ1) is 17.4. The minimum absolute atomic E-state index is 0.00470. The van der Waals surface area contributed by atoms with Gasteiger partial charge in [0.05, 0.1) is 18.3 Å². The average molecular weight is 292 g/mol. The lowest BCUT2D eigenvalue weighted by Crippen LogP contribution is -2.45. The molecule has 21 heavy (non-hydrogen) atoms. The fourth-order valence-electron chi connectivity index (χ4n) is 2.59. The number of nitrogens with one attached hydrogen (secondary N) is 1. The molecule has 1 atom stereocenters. The number of nitrogens with zero attached hydrogens (tertiary/aromatic N) is 2. The van der Waals surface area contributed by atoms with Crippen LogP contribution < -0.4 is 11.1 Å². The molecule has 1 amide bonds. The van der Waals surface area contributed by atoms with Gasteiger partial charge in [0.1, 0.15) is 0 Å². The molecule has 118 valence electrons. The minimum atomic E-state index is 0.00470. The number of aromatic nitrogens is 1. The van der Waals surface area contributed by atoms with Crippen molar-refractivity contribution in [1.29, 1.82) is 0 Å².